The summed E-state index contributed by atoms with van der Waals surface area (Å²) in [4.78, 5) is 11.9. The fraction of sp³-hybridized carbons (Fsp3) is 0.350. The van der Waals surface area contributed by atoms with E-state index in [1.54, 1.807) is 0 Å². The molecule has 7 nitrogen and oxygen atoms in total. The van der Waals surface area contributed by atoms with E-state index >= 15 is 0 Å². The van der Waals surface area contributed by atoms with Gasteiger partial charge in [-0.3, -0.25) is 4.79 Å². The van der Waals surface area contributed by atoms with E-state index in [2.05, 4.69) is 10.0 Å². The second-order valence-corrected chi connectivity index (χ2v) is 8.23. The molecule has 2 rings (SSSR count). The van der Waals surface area contributed by atoms with E-state index in [4.69, 9.17) is 9.47 Å². The number of rotatable bonds is 10. The van der Waals surface area contributed by atoms with Gasteiger partial charge in [-0.1, -0.05) is 12.1 Å². The average molecular weight is 460 g/mol. The summed E-state index contributed by atoms with van der Waals surface area (Å²) in [5.74, 6) is 0.252. The monoisotopic (exact) mass is 460 g/mol. The predicted octanol–water partition coefficient (Wildman–Crippen LogP) is 2.75. The Kier molecular flexibility index (Phi) is 8.28. The minimum Gasteiger partial charge on any atom is -0.493 e. The summed E-state index contributed by atoms with van der Waals surface area (Å²) in [7, 11) is -1.03. The summed E-state index contributed by atoms with van der Waals surface area (Å²) in [6, 6.07) is 8.80. The lowest BCUT2D eigenvalue weighted by Crippen LogP contribution is -2.31. The molecule has 2 aromatic rings. The smallest absolute Gasteiger partial charge is 0.416 e. The molecule has 0 fully saturated rings. The molecule has 0 bridgehead atoms. The van der Waals surface area contributed by atoms with Gasteiger partial charge in [0.1, 0.15) is 0 Å². The summed E-state index contributed by atoms with van der Waals surface area (Å²) in [5.41, 5.74) is -0.0931. The van der Waals surface area contributed by atoms with Crippen molar-refractivity contribution in [2.75, 3.05) is 27.3 Å². The van der Waals surface area contributed by atoms with Gasteiger partial charge < -0.3 is 14.8 Å². The quantitative estimate of drug-likeness (QED) is 0.569. The van der Waals surface area contributed by atoms with Gasteiger partial charge in [0.25, 0.3) is 0 Å². The molecule has 11 heteroatoms. The zero-order valence-corrected chi connectivity index (χ0v) is 17.8. The number of carbonyl (C=O) groups is 1. The van der Waals surface area contributed by atoms with E-state index in [1.165, 1.54) is 44.6 Å². The highest BCUT2D eigenvalue weighted by atomic mass is 32.2. The summed E-state index contributed by atoms with van der Waals surface area (Å²) >= 11 is 0. The lowest BCUT2D eigenvalue weighted by molar-refractivity contribution is -0.137. The van der Waals surface area contributed by atoms with Gasteiger partial charge in [-0.25, -0.2) is 13.1 Å². The largest absolute Gasteiger partial charge is 0.493 e. The van der Waals surface area contributed by atoms with Crippen molar-refractivity contribution < 1.29 is 35.9 Å². The van der Waals surface area contributed by atoms with E-state index in [0.29, 0.717) is 17.7 Å². The number of benzene rings is 2. The highest BCUT2D eigenvalue weighted by Crippen LogP contribution is 2.30. The molecule has 0 heterocycles. The molecule has 0 saturated carbocycles. The number of alkyl halides is 3. The van der Waals surface area contributed by atoms with Gasteiger partial charge in [-0.05, 0) is 36.2 Å². The van der Waals surface area contributed by atoms with E-state index in [-0.39, 0.29) is 36.1 Å². The van der Waals surface area contributed by atoms with Gasteiger partial charge in [0, 0.05) is 25.6 Å². The van der Waals surface area contributed by atoms with Gasteiger partial charge in [0.2, 0.25) is 15.9 Å². The second-order valence-electron chi connectivity index (χ2n) is 6.46. The Morgan fingerprint density at radius 3 is 2.19 bits per heavy atom. The zero-order valence-electron chi connectivity index (χ0n) is 17.0. The van der Waals surface area contributed by atoms with Crippen LogP contribution in [0.1, 0.15) is 17.5 Å². The highest BCUT2D eigenvalue weighted by molar-refractivity contribution is 7.89. The summed E-state index contributed by atoms with van der Waals surface area (Å²) in [6.07, 6.45) is -4.14. The number of halogens is 3. The molecular weight excluding hydrogens is 437 g/mol. The van der Waals surface area contributed by atoms with Crippen molar-refractivity contribution in [1.82, 2.24) is 10.0 Å². The van der Waals surface area contributed by atoms with Gasteiger partial charge >= 0.3 is 6.18 Å². The van der Waals surface area contributed by atoms with Crippen molar-refractivity contribution in [2.24, 2.45) is 0 Å². The molecule has 170 valence electrons. The Labute approximate surface area is 178 Å². The third kappa shape index (κ3) is 7.14. The Morgan fingerprint density at radius 2 is 1.61 bits per heavy atom. The van der Waals surface area contributed by atoms with Gasteiger partial charge in [-0.15, -0.1) is 0 Å². The molecule has 0 radical (unpaired) electrons. The van der Waals surface area contributed by atoms with Crippen molar-refractivity contribution in [3.63, 3.8) is 0 Å². The second kappa shape index (κ2) is 10.5. The average Bonchev–Trinajstić information content (AvgIpc) is 2.72. The molecule has 31 heavy (non-hydrogen) atoms. The first-order valence-corrected chi connectivity index (χ1v) is 10.7. The van der Waals surface area contributed by atoms with Crippen LogP contribution < -0.4 is 19.5 Å². The SMILES string of the molecule is COc1ccc(S(=O)(=O)NCCC(=O)NCCc2ccc(C(F)(F)F)cc2)cc1OC. The van der Waals surface area contributed by atoms with Crippen molar-refractivity contribution in [1.29, 1.82) is 0 Å². The third-order valence-electron chi connectivity index (χ3n) is 4.33. The molecule has 0 atom stereocenters. The highest BCUT2D eigenvalue weighted by Gasteiger charge is 2.29. The van der Waals surface area contributed by atoms with Crippen LogP contribution >= 0.6 is 0 Å². The molecule has 2 N–H and O–H groups in total. The predicted molar refractivity (Wildman–Crippen MR) is 108 cm³/mol. The number of amides is 1. The third-order valence-corrected chi connectivity index (χ3v) is 5.79. The first kappa shape index (κ1) is 24.5. The maximum atomic E-state index is 12.5. The lowest BCUT2D eigenvalue weighted by Gasteiger charge is -2.11. The maximum absolute atomic E-state index is 12.5. The molecule has 1 amide bonds. The molecule has 0 unspecified atom stereocenters. The van der Waals surface area contributed by atoms with E-state index in [9.17, 15) is 26.4 Å². The first-order chi connectivity index (χ1) is 14.6. The van der Waals surface area contributed by atoms with Gasteiger partial charge in [-0.2, -0.15) is 13.2 Å². The molecule has 0 aliphatic rings. The van der Waals surface area contributed by atoms with Gasteiger partial charge in [0.15, 0.2) is 11.5 Å². The summed E-state index contributed by atoms with van der Waals surface area (Å²) in [5, 5.41) is 2.60. The van der Waals surface area contributed by atoms with Crippen molar-refractivity contribution in [3.8, 4) is 11.5 Å². The van der Waals surface area contributed by atoms with Crippen LogP contribution in [0.2, 0.25) is 0 Å². The number of hydrogen-bond donors (Lipinski definition) is 2. The fourth-order valence-corrected chi connectivity index (χ4v) is 3.71. The summed E-state index contributed by atoms with van der Waals surface area (Å²) < 4.78 is 74.8. The number of carbonyl (C=O) groups excluding carboxylic acids is 1. The molecule has 0 aliphatic heterocycles. The minimum absolute atomic E-state index is 0.0344. The van der Waals surface area contributed by atoms with Crippen LogP contribution in [-0.4, -0.2) is 41.6 Å². The molecule has 0 saturated heterocycles. The molecule has 0 spiro atoms. The maximum Gasteiger partial charge on any atom is 0.416 e. The van der Waals surface area contributed by atoms with Crippen LogP contribution in [0.5, 0.6) is 11.5 Å². The number of nitrogens with one attached hydrogen (secondary N) is 2. The Morgan fingerprint density at radius 1 is 0.968 bits per heavy atom. The van der Waals surface area contributed by atoms with Crippen LogP contribution in [0.3, 0.4) is 0 Å². The van der Waals surface area contributed by atoms with Crippen LogP contribution in [-0.2, 0) is 27.4 Å². The Bertz CT molecular complexity index is 993. The normalized spacial score (nSPS) is 11.8. The number of hydrogen-bond acceptors (Lipinski definition) is 5. The molecular formula is C20H23F3N2O5S. The van der Waals surface area contributed by atoms with Gasteiger partial charge in [0.05, 0.1) is 24.7 Å². The molecule has 0 aliphatic carbocycles. The Balaban J connectivity index is 1.78. The topological polar surface area (TPSA) is 93.7 Å². The van der Waals surface area contributed by atoms with Crippen molar-refractivity contribution in [3.05, 3.63) is 53.6 Å². The van der Waals surface area contributed by atoms with E-state index in [0.717, 1.165) is 12.1 Å². The van der Waals surface area contributed by atoms with Crippen LogP contribution in [0, 0.1) is 0 Å². The minimum atomic E-state index is -4.39. The van der Waals surface area contributed by atoms with Crippen LogP contribution in [0.15, 0.2) is 47.4 Å². The van der Waals surface area contributed by atoms with E-state index in [1.807, 2.05) is 0 Å². The fourth-order valence-electron chi connectivity index (χ4n) is 2.66. The Hall–Kier alpha value is -2.79. The van der Waals surface area contributed by atoms with Crippen LogP contribution in [0.25, 0.3) is 0 Å². The molecule has 0 aromatic heterocycles. The first-order valence-electron chi connectivity index (χ1n) is 9.21. The number of sulfonamides is 1. The van der Waals surface area contributed by atoms with Crippen molar-refractivity contribution >= 4 is 15.9 Å². The van der Waals surface area contributed by atoms with Crippen LogP contribution in [0.4, 0.5) is 13.2 Å². The summed E-state index contributed by atoms with van der Waals surface area (Å²) in [6.45, 7) is 0.0927. The van der Waals surface area contributed by atoms with Crippen molar-refractivity contribution in [2.45, 2.75) is 23.9 Å². The zero-order chi connectivity index (χ0) is 23.1. The number of ether oxygens (including phenoxy) is 2. The standard InChI is InChI=1S/C20H23F3N2O5S/c1-29-17-8-7-16(13-18(17)30-2)31(27,28)25-12-10-19(26)24-11-9-14-3-5-15(6-4-14)20(21,22)23/h3-8,13,25H,9-12H2,1-2H3,(H,24,26). The number of methoxy groups -OCH3 is 2. The van der Waals surface area contributed by atoms with E-state index < -0.39 is 21.8 Å². The molecule has 2 aromatic carbocycles. The lowest BCUT2D eigenvalue weighted by atomic mass is 10.1.